The second-order valence-corrected chi connectivity index (χ2v) is 6.09. The highest BCUT2D eigenvalue weighted by molar-refractivity contribution is 5.84. The Balaban J connectivity index is 1.62. The second kappa shape index (κ2) is 8.43. The molecule has 146 valence electrons. The molecule has 2 aromatic carbocycles. The Hall–Kier alpha value is -3.55. The molecule has 0 radical (unpaired) electrons. The first-order chi connectivity index (χ1) is 13.5. The normalized spacial score (nSPS) is 11.8. The summed E-state index contributed by atoms with van der Waals surface area (Å²) in [6.45, 7) is 3.95. The van der Waals surface area contributed by atoms with Crippen molar-refractivity contribution in [1.82, 2.24) is 5.32 Å². The number of hydrogen-bond acceptors (Lipinski definition) is 6. The summed E-state index contributed by atoms with van der Waals surface area (Å²) in [6.07, 6.45) is 0. The van der Waals surface area contributed by atoms with Gasteiger partial charge in [0, 0.05) is 11.5 Å². The standard InChI is InChI=1S/C20H20N2O6/c1-3-26-17-9-4-6-14-10-18(28-20(14)17)13(2)21-19(23)12-27-16-8-5-7-15(11-16)22(24)25/h4-11,13H,3,12H2,1-2H3,(H,21,23). The minimum atomic E-state index is -0.521. The molecular weight excluding hydrogens is 364 g/mol. The summed E-state index contributed by atoms with van der Waals surface area (Å²) in [4.78, 5) is 22.4. The number of nitro benzene ring substituents is 1. The molecule has 0 aliphatic heterocycles. The molecule has 8 nitrogen and oxygen atoms in total. The van der Waals surface area contributed by atoms with Crippen LogP contribution in [0.15, 0.2) is 52.9 Å². The van der Waals surface area contributed by atoms with Crippen LogP contribution in [0.25, 0.3) is 11.0 Å². The summed E-state index contributed by atoms with van der Waals surface area (Å²) in [5, 5.41) is 14.5. The third-order valence-corrected chi connectivity index (χ3v) is 4.03. The van der Waals surface area contributed by atoms with Crippen molar-refractivity contribution in [3.63, 3.8) is 0 Å². The highest BCUT2D eigenvalue weighted by atomic mass is 16.6. The molecule has 0 spiro atoms. The predicted octanol–water partition coefficient (Wildman–Crippen LogP) is 4.00. The van der Waals surface area contributed by atoms with E-state index in [-0.39, 0.29) is 30.0 Å². The van der Waals surface area contributed by atoms with Crippen LogP contribution in [0.2, 0.25) is 0 Å². The Morgan fingerprint density at radius 3 is 2.75 bits per heavy atom. The molecule has 0 saturated heterocycles. The number of benzene rings is 2. The van der Waals surface area contributed by atoms with Crippen molar-refractivity contribution in [3.05, 3.63) is 64.4 Å². The van der Waals surface area contributed by atoms with E-state index in [0.717, 1.165) is 5.39 Å². The Bertz CT molecular complexity index is 997. The lowest BCUT2D eigenvalue weighted by Gasteiger charge is -2.12. The average Bonchev–Trinajstić information content (AvgIpc) is 3.12. The van der Waals surface area contributed by atoms with Gasteiger partial charge in [-0.3, -0.25) is 14.9 Å². The minimum absolute atomic E-state index is 0.0985. The van der Waals surface area contributed by atoms with Gasteiger partial charge in [-0.25, -0.2) is 0 Å². The maximum absolute atomic E-state index is 12.2. The summed E-state index contributed by atoms with van der Waals surface area (Å²) in [5.74, 6) is 1.12. The van der Waals surface area contributed by atoms with E-state index < -0.39 is 4.92 Å². The summed E-state index contributed by atoms with van der Waals surface area (Å²) in [7, 11) is 0. The number of nitrogens with zero attached hydrogens (tertiary/aromatic N) is 1. The molecule has 1 unspecified atom stereocenters. The van der Waals surface area contributed by atoms with Crippen LogP contribution < -0.4 is 14.8 Å². The van der Waals surface area contributed by atoms with Gasteiger partial charge < -0.3 is 19.2 Å². The molecule has 0 fully saturated rings. The molecule has 3 aromatic rings. The number of hydrogen-bond donors (Lipinski definition) is 1. The Kier molecular flexibility index (Phi) is 5.78. The fourth-order valence-electron chi connectivity index (χ4n) is 2.73. The molecule has 3 rings (SSSR count). The lowest BCUT2D eigenvalue weighted by atomic mass is 10.2. The maximum atomic E-state index is 12.2. The topological polar surface area (TPSA) is 104 Å². The summed E-state index contributed by atoms with van der Waals surface area (Å²) in [5.41, 5.74) is 0.534. The second-order valence-electron chi connectivity index (χ2n) is 6.09. The number of amides is 1. The van der Waals surface area contributed by atoms with E-state index in [1.165, 1.54) is 18.2 Å². The van der Waals surface area contributed by atoms with E-state index in [1.54, 1.807) is 13.0 Å². The van der Waals surface area contributed by atoms with Gasteiger partial charge in [-0.15, -0.1) is 0 Å². The zero-order valence-corrected chi connectivity index (χ0v) is 15.5. The van der Waals surface area contributed by atoms with Gasteiger partial charge in [0.15, 0.2) is 17.9 Å². The molecule has 8 heteroatoms. The average molecular weight is 384 g/mol. The van der Waals surface area contributed by atoms with E-state index in [2.05, 4.69) is 5.32 Å². The van der Waals surface area contributed by atoms with Crippen LogP contribution in [0.3, 0.4) is 0 Å². The van der Waals surface area contributed by atoms with Crippen LogP contribution in [0, 0.1) is 10.1 Å². The first-order valence-electron chi connectivity index (χ1n) is 8.79. The molecule has 0 aliphatic carbocycles. The van der Waals surface area contributed by atoms with E-state index >= 15 is 0 Å². The molecule has 28 heavy (non-hydrogen) atoms. The number of para-hydroxylation sites is 1. The summed E-state index contributed by atoms with van der Waals surface area (Å²) >= 11 is 0. The van der Waals surface area contributed by atoms with Crippen LogP contribution >= 0.6 is 0 Å². The van der Waals surface area contributed by atoms with E-state index in [4.69, 9.17) is 13.9 Å². The SMILES string of the molecule is CCOc1cccc2cc(C(C)NC(=O)COc3cccc([N+](=O)[O-])c3)oc12. The molecule has 1 aromatic heterocycles. The van der Waals surface area contributed by atoms with Crippen molar-refractivity contribution in [2.45, 2.75) is 19.9 Å². The fraction of sp³-hybridized carbons (Fsp3) is 0.250. The van der Waals surface area contributed by atoms with E-state index in [9.17, 15) is 14.9 Å². The molecular formula is C20H20N2O6. The molecule has 1 atom stereocenters. The van der Waals surface area contributed by atoms with Crippen LogP contribution in [0.1, 0.15) is 25.6 Å². The summed E-state index contributed by atoms with van der Waals surface area (Å²) in [6, 6.07) is 12.8. The molecule has 1 heterocycles. The van der Waals surface area contributed by atoms with Gasteiger partial charge in [-0.2, -0.15) is 0 Å². The number of nitrogens with one attached hydrogen (secondary N) is 1. The number of rotatable bonds is 8. The van der Waals surface area contributed by atoms with Crippen molar-refractivity contribution in [1.29, 1.82) is 0 Å². The fourth-order valence-corrected chi connectivity index (χ4v) is 2.73. The Labute approximate surface area is 161 Å². The van der Waals surface area contributed by atoms with Crippen molar-refractivity contribution in [2.24, 2.45) is 0 Å². The first kappa shape index (κ1) is 19.2. The van der Waals surface area contributed by atoms with Gasteiger partial charge in [0.1, 0.15) is 11.5 Å². The molecule has 0 bridgehead atoms. The molecule has 0 saturated carbocycles. The molecule has 0 aliphatic rings. The number of ether oxygens (including phenoxy) is 2. The Morgan fingerprint density at radius 1 is 1.21 bits per heavy atom. The molecule has 1 amide bonds. The van der Waals surface area contributed by atoms with Crippen molar-refractivity contribution < 1.29 is 23.6 Å². The lowest BCUT2D eigenvalue weighted by molar-refractivity contribution is -0.384. The van der Waals surface area contributed by atoms with Crippen LogP contribution in [-0.2, 0) is 4.79 Å². The first-order valence-corrected chi connectivity index (χ1v) is 8.79. The highest BCUT2D eigenvalue weighted by Crippen LogP contribution is 2.31. The van der Waals surface area contributed by atoms with Crippen molar-refractivity contribution >= 4 is 22.6 Å². The highest BCUT2D eigenvalue weighted by Gasteiger charge is 2.17. The third-order valence-electron chi connectivity index (χ3n) is 4.03. The zero-order valence-electron chi connectivity index (χ0n) is 15.5. The number of fused-ring (bicyclic) bond motifs is 1. The third kappa shape index (κ3) is 4.40. The zero-order chi connectivity index (χ0) is 20.1. The number of nitro groups is 1. The van der Waals surface area contributed by atoms with Gasteiger partial charge in [0.05, 0.1) is 23.6 Å². The number of furan rings is 1. The van der Waals surface area contributed by atoms with E-state index in [0.29, 0.717) is 23.7 Å². The number of carbonyl (C=O) groups is 1. The van der Waals surface area contributed by atoms with Gasteiger partial charge in [-0.1, -0.05) is 18.2 Å². The van der Waals surface area contributed by atoms with Gasteiger partial charge in [0.25, 0.3) is 11.6 Å². The van der Waals surface area contributed by atoms with Crippen LogP contribution in [0.5, 0.6) is 11.5 Å². The monoisotopic (exact) mass is 384 g/mol. The smallest absolute Gasteiger partial charge is 0.273 e. The van der Waals surface area contributed by atoms with Gasteiger partial charge in [-0.05, 0) is 32.0 Å². The minimum Gasteiger partial charge on any atom is -0.490 e. The summed E-state index contributed by atoms with van der Waals surface area (Å²) < 4.78 is 16.8. The van der Waals surface area contributed by atoms with Crippen LogP contribution in [-0.4, -0.2) is 24.0 Å². The quantitative estimate of drug-likeness (QED) is 0.465. The van der Waals surface area contributed by atoms with Gasteiger partial charge in [0.2, 0.25) is 0 Å². The number of carbonyl (C=O) groups excluding carboxylic acids is 1. The van der Waals surface area contributed by atoms with Crippen molar-refractivity contribution in [3.8, 4) is 11.5 Å². The maximum Gasteiger partial charge on any atom is 0.273 e. The lowest BCUT2D eigenvalue weighted by Crippen LogP contribution is -2.31. The van der Waals surface area contributed by atoms with E-state index in [1.807, 2.05) is 31.2 Å². The number of non-ortho nitro benzene ring substituents is 1. The van der Waals surface area contributed by atoms with Gasteiger partial charge >= 0.3 is 0 Å². The van der Waals surface area contributed by atoms with Crippen LogP contribution in [0.4, 0.5) is 5.69 Å². The predicted molar refractivity (Wildman–Crippen MR) is 103 cm³/mol. The molecule has 1 N–H and O–H groups in total. The van der Waals surface area contributed by atoms with Crippen molar-refractivity contribution in [2.75, 3.05) is 13.2 Å². The largest absolute Gasteiger partial charge is 0.490 e. The Morgan fingerprint density at radius 2 is 2.00 bits per heavy atom.